The Hall–Kier alpha value is -0.830. The number of aryl methyl sites for hydroxylation is 2. The summed E-state index contributed by atoms with van der Waals surface area (Å²) in [6.07, 6.45) is 4.66. The molecule has 1 aliphatic carbocycles. The number of rotatable bonds is 2. The van der Waals surface area contributed by atoms with Gasteiger partial charge in [-0.2, -0.15) is 0 Å². The highest BCUT2D eigenvalue weighted by Crippen LogP contribution is 2.28. The number of hydrogen-bond donors (Lipinski definition) is 0. The van der Waals surface area contributed by atoms with Crippen LogP contribution in [0, 0.1) is 5.92 Å². The van der Waals surface area contributed by atoms with Crippen molar-refractivity contribution in [2.24, 2.45) is 5.92 Å². The van der Waals surface area contributed by atoms with Crippen LogP contribution in [-0.2, 0) is 12.8 Å². The molecule has 0 N–H and O–H groups in total. The van der Waals surface area contributed by atoms with Crippen molar-refractivity contribution in [3.05, 3.63) is 34.9 Å². The number of amides is 1. The van der Waals surface area contributed by atoms with Crippen LogP contribution in [0.3, 0.4) is 0 Å². The van der Waals surface area contributed by atoms with E-state index in [9.17, 15) is 4.79 Å². The second-order valence-electron chi connectivity index (χ2n) is 5.82. The first-order chi connectivity index (χ1) is 9.20. The van der Waals surface area contributed by atoms with E-state index in [0.29, 0.717) is 12.0 Å². The number of nitrogens with zero attached hydrogens (tertiary/aromatic N) is 1. The van der Waals surface area contributed by atoms with Gasteiger partial charge in [-0.3, -0.25) is 4.79 Å². The maximum atomic E-state index is 12.7. The molecule has 102 valence electrons. The molecule has 2 aliphatic rings. The minimum Gasteiger partial charge on any atom is -0.335 e. The van der Waals surface area contributed by atoms with Crippen molar-refractivity contribution in [2.75, 3.05) is 11.9 Å². The van der Waals surface area contributed by atoms with Gasteiger partial charge in [-0.1, -0.05) is 28.9 Å². The van der Waals surface area contributed by atoms with Gasteiger partial charge < -0.3 is 4.90 Å². The van der Waals surface area contributed by atoms with Gasteiger partial charge >= 0.3 is 0 Å². The minimum atomic E-state index is 0.212. The summed E-state index contributed by atoms with van der Waals surface area (Å²) in [5.41, 5.74) is 3.69. The summed E-state index contributed by atoms with van der Waals surface area (Å²) < 4.78 is 0. The SMILES string of the molecule is CC1CCN(C(=O)c2ccc3c(c2)CCC3)C1CBr. The maximum Gasteiger partial charge on any atom is 0.254 e. The van der Waals surface area contributed by atoms with Crippen LogP contribution in [0.25, 0.3) is 0 Å². The smallest absolute Gasteiger partial charge is 0.254 e. The number of benzene rings is 1. The third-order valence-corrected chi connectivity index (χ3v) is 5.31. The molecule has 3 heteroatoms. The molecule has 2 nitrogen and oxygen atoms in total. The van der Waals surface area contributed by atoms with Crippen LogP contribution in [0.4, 0.5) is 0 Å². The Morgan fingerprint density at radius 1 is 1.37 bits per heavy atom. The minimum absolute atomic E-state index is 0.212. The molecular weight excluding hydrogens is 302 g/mol. The van der Waals surface area contributed by atoms with Crippen LogP contribution >= 0.6 is 15.9 Å². The maximum absolute atomic E-state index is 12.7. The lowest BCUT2D eigenvalue weighted by Crippen LogP contribution is -2.38. The molecule has 1 aromatic rings. The summed E-state index contributed by atoms with van der Waals surface area (Å²) in [5.74, 6) is 0.807. The number of carbonyl (C=O) groups excluding carboxylic acids is 1. The molecule has 1 amide bonds. The third-order valence-electron chi connectivity index (χ3n) is 4.65. The molecule has 1 aliphatic heterocycles. The van der Waals surface area contributed by atoms with Crippen molar-refractivity contribution < 1.29 is 4.79 Å². The Morgan fingerprint density at radius 3 is 2.95 bits per heavy atom. The van der Waals surface area contributed by atoms with Crippen molar-refractivity contribution in [2.45, 2.75) is 38.6 Å². The van der Waals surface area contributed by atoms with Gasteiger partial charge in [0.25, 0.3) is 5.91 Å². The summed E-state index contributed by atoms with van der Waals surface area (Å²) >= 11 is 3.55. The van der Waals surface area contributed by atoms with Crippen LogP contribution in [0.15, 0.2) is 18.2 Å². The van der Waals surface area contributed by atoms with Crippen molar-refractivity contribution in [1.82, 2.24) is 4.90 Å². The Labute approximate surface area is 123 Å². The molecule has 0 bridgehead atoms. The third kappa shape index (κ3) is 2.33. The lowest BCUT2D eigenvalue weighted by molar-refractivity contribution is 0.0738. The zero-order valence-electron chi connectivity index (χ0n) is 11.4. The molecule has 2 unspecified atom stereocenters. The average Bonchev–Trinajstić information content (AvgIpc) is 3.02. The van der Waals surface area contributed by atoms with Gasteiger partial charge in [-0.05, 0) is 54.9 Å². The van der Waals surface area contributed by atoms with E-state index in [1.807, 2.05) is 6.07 Å². The molecule has 1 saturated heterocycles. The van der Waals surface area contributed by atoms with E-state index >= 15 is 0 Å². The summed E-state index contributed by atoms with van der Waals surface area (Å²) in [4.78, 5) is 14.7. The largest absolute Gasteiger partial charge is 0.335 e. The second-order valence-corrected chi connectivity index (χ2v) is 6.47. The van der Waals surface area contributed by atoms with E-state index in [2.05, 4.69) is 39.9 Å². The molecule has 0 aromatic heterocycles. The fraction of sp³-hybridized carbons (Fsp3) is 0.562. The highest BCUT2D eigenvalue weighted by atomic mass is 79.9. The molecular formula is C16H20BrNO. The zero-order chi connectivity index (χ0) is 13.4. The predicted octanol–water partition coefficient (Wildman–Crippen LogP) is 3.42. The number of alkyl halides is 1. The monoisotopic (exact) mass is 321 g/mol. The Kier molecular flexibility index (Phi) is 3.66. The summed E-state index contributed by atoms with van der Waals surface area (Å²) in [6.45, 7) is 3.13. The lowest BCUT2D eigenvalue weighted by atomic mass is 10.0. The van der Waals surface area contributed by atoms with Crippen LogP contribution in [0.1, 0.15) is 41.3 Å². The number of likely N-dealkylation sites (tertiary alicyclic amines) is 1. The van der Waals surface area contributed by atoms with Gasteiger partial charge in [0.2, 0.25) is 0 Å². The highest BCUT2D eigenvalue weighted by Gasteiger charge is 2.34. The van der Waals surface area contributed by atoms with Crippen molar-refractivity contribution >= 4 is 21.8 Å². The predicted molar refractivity (Wildman–Crippen MR) is 80.9 cm³/mol. The fourth-order valence-corrected chi connectivity index (χ4v) is 4.35. The van der Waals surface area contributed by atoms with E-state index in [1.165, 1.54) is 24.0 Å². The van der Waals surface area contributed by atoms with E-state index in [-0.39, 0.29) is 5.91 Å². The summed E-state index contributed by atoms with van der Waals surface area (Å²) in [7, 11) is 0. The van der Waals surface area contributed by atoms with Crippen molar-refractivity contribution in [3.8, 4) is 0 Å². The molecule has 0 saturated carbocycles. The fourth-order valence-electron chi connectivity index (χ4n) is 3.37. The summed E-state index contributed by atoms with van der Waals surface area (Å²) in [5, 5.41) is 0.880. The van der Waals surface area contributed by atoms with Crippen molar-refractivity contribution in [3.63, 3.8) is 0 Å². The van der Waals surface area contributed by atoms with Crippen LogP contribution in [0.5, 0.6) is 0 Å². The van der Waals surface area contributed by atoms with Gasteiger partial charge in [-0.25, -0.2) is 0 Å². The average molecular weight is 322 g/mol. The van der Waals surface area contributed by atoms with Crippen LogP contribution in [-0.4, -0.2) is 28.7 Å². The molecule has 1 heterocycles. The lowest BCUT2D eigenvalue weighted by Gasteiger charge is -2.25. The second kappa shape index (κ2) is 5.28. The number of halogens is 1. The zero-order valence-corrected chi connectivity index (χ0v) is 12.9. The van der Waals surface area contributed by atoms with Gasteiger partial charge in [0, 0.05) is 23.5 Å². The number of fused-ring (bicyclic) bond motifs is 1. The first-order valence-electron chi connectivity index (χ1n) is 7.19. The van der Waals surface area contributed by atoms with Gasteiger partial charge in [0.1, 0.15) is 0 Å². The van der Waals surface area contributed by atoms with Crippen LogP contribution < -0.4 is 0 Å². The van der Waals surface area contributed by atoms with E-state index in [4.69, 9.17) is 0 Å². The Morgan fingerprint density at radius 2 is 2.16 bits per heavy atom. The molecule has 3 rings (SSSR count). The molecule has 19 heavy (non-hydrogen) atoms. The first-order valence-corrected chi connectivity index (χ1v) is 8.31. The highest BCUT2D eigenvalue weighted by molar-refractivity contribution is 9.09. The molecule has 1 fully saturated rings. The quantitative estimate of drug-likeness (QED) is 0.764. The normalized spacial score (nSPS) is 25.7. The van der Waals surface area contributed by atoms with Gasteiger partial charge in [-0.15, -0.1) is 0 Å². The van der Waals surface area contributed by atoms with Crippen molar-refractivity contribution in [1.29, 1.82) is 0 Å². The number of hydrogen-bond acceptors (Lipinski definition) is 1. The number of carbonyl (C=O) groups is 1. The molecule has 2 atom stereocenters. The standard InChI is InChI=1S/C16H20BrNO/c1-11-7-8-18(15(11)10-17)16(19)14-6-5-12-3-2-4-13(12)9-14/h5-6,9,11,15H,2-4,7-8,10H2,1H3. The van der Waals surface area contributed by atoms with E-state index < -0.39 is 0 Å². The van der Waals surface area contributed by atoms with Gasteiger partial charge in [0.05, 0.1) is 0 Å². The molecule has 1 aromatic carbocycles. The van der Waals surface area contributed by atoms with E-state index in [1.54, 1.807) is 0 Å². The summed E-state index contributed by atoms with van der Waals surface area (Å²) in [6, 6.07) is 6.64. The topological polar surface area (TPSA) is 20.3 Å². The Bertz CT molecular complexity index is 500. The molecule has 0 radical (unpaired) electrons. The van der Waals surface area contributed by atoms with E-state index in [0.717, 1.165) is 30.3 Å². The first kappa shape index (κ1) is 13.2. The van der Waals surface area contributed by atoms with Crippen LogP contribution in [0.2, 0.25) is 0 Å². The van der Waals surface area contributed by atoms with Gasteiger partial charge in [0.15, 0.2) is 0 Å². The Balaban J connectivity index is 1.84. The molecule has 0 spiro atoms.